The molecule has 2 nitrogen and oxygen atoms in total. The zero-order valence-electron chi connectivity index (χ0n) is 8.77. The molecule has 0 atom stereocenters. The van der Waals surface area contributed by atoms with Crippen LogP contribution in [0.1, 0.15) is 46.0 Å². The van der Waals surface area contributed by atoms with E-state index in [0.29, 0.717) is 12.0 Å². The molecule has 0 aromatic carbocycles. The zero-order valence-corrected chi connectivity index (χ0v) is 8.77. The highest BCUT2D eigenvalue weighted by atomic mass is 16.3. The molecular formula is C11H21NO. The summed E-state index contributed by atoms with van der Waals surface area (Å²) >= 11 is 0. The van der Waals surface area contributed by atoms with Crippen molar-refractivity contribution in [1.82, 2.24) is 0 Å². The Labute approximate surface area is 80.5 Å². The zero-order chi connectivity index (χ0) is 9.74. The van der Waals surface area contributed by atoms with Crippen LogP contribution >= 0.6 is 0 Å². The normalized spacial score (nSPS) is 33.2. The molecule has 2 aliphatic carbocycles. The summed E-state index contributed by atoms with van der Waals surface area (Å²) < 4.78 is 0. The van der Waals surface area contributed by atoms with Crippen LogP contribution in [0.25, 0.3) is 0 Å². The molecule has 2 heteroatoms. The van der Waals surface area contributed by atoms with E-state index in [9.17, 15) is 5.11 Å². The van der Waals surface area contributed by atoms with Gasteiger partial charge in [-0.2, -0.15) is 0 Å². The fourth-order valence-electron chi connectivity index (χ4n) is 3.37. The van der Waals surface area contributed by atoms with Gasteiger partial charge in [-0.05, 0) is 31.1 Å². The van der Waals surface area contributed by atoms with Gasteiger partial charge in [0.2, 0.25) is 0 Å². The van der Waals surface area contributed by atoms with Gasteiger partial charge in [-0.3, -0.25) is 0 Å². The van der Waals surface area contributed by atoms with Crippen molar-refractivity contribution in [1.29, 1.82) is 0 Å². The average molecular weight is 183 g/mol. The van der Waals surface area contributed by atoms with Crippen LogP contribution in [0.3, 0.4) is 0 Å². The van der Waals surface area contributed by atoms with Crippen molar-refractivity contribution >= 4 is 0 Å². The molecule has 2 saturated carbocycles. The van der Waals surface area contributed by atoms with Crippen molar-refractivity contribution in [3.05, 3.63) is 0 Å². The van der Waals surface area contributed by atoms with Crippen LogP contribution in [0.4, 0.5) is 0 Å². The largest absolute Gasteiger partial charge is 0.389 e. The minimum atomic E-state index is -0.427. The number of aliphatic hydroxyl groups is 1. The Morgan fingerprint density at radius 2 is 1.77 bits per heavy atom. The predicted molar refractivity (Wildman–Crippen MR) is 53.3 cm³/mol. The predicted octanol–water partition coefficient (Wildman–Crippen LogP) is 1.67. The van der Waals surface area contributed by atoms with Gasteiger partial charge in [0.05, 0.1) is 5.60 Å². The van der Waals surface area contributed by atoms with Gasteiger partial charge < -0.3 is 10.8 Å². The van der Waals surface area contributed by atoms with E-state index in [1.54, 1.807) is 0 Å². The van der Waals surface area contributed by atoms with E-state index in [2.05, 4.69) is 13.8 Å². The molecular weight excluding hydrogens is 162 g/mol. The summed E-state index contributed by atoms with van der Waals surface area (Å²) in [5.74, 6) is 0. The molecule has 2 fully saturated rings. The molecule has 0 aliphatic heterocycles. The lowest BCUT2D eigenvalue weighted by atomic mass is 9.46. The van der Waals surface area contributed by atoms with Crippen LogP contribution in [0.2, 0.25) is 0 Å². The Morgan fingerprint density at radius 3 is 2.00 bits per heavy atom. The lowest BCUT2D eigenvalue weighted by molar-refractivity contribution is -0.216. The molecule has 0 heterocycles. The average Bonchev–Trinajstić information content (AvgIpc) is 1.79. The summed E-state index contributed by atoms with van der Waals surface area (Å²) in [5.41, 5.74) is 5.79. The molecule has 13 heavy (non-hydrogen) atoms. The molecule has 0 amide bonds. The van der Waals surface area contributed by atoms with Gasteiger partial charge in [-0.1, -0.05) is 20.3 Å². The van der Waals surface area contributed by atoms with E-state index >= 15 is 0 Å². The third-order valence-electron chi connectivity index (χ3n) is 4.23. The topological polar surface area (TPSA) is 46.2 Å². The first-order valence-corrected chi connectivity index (χ1v) is 5.36. The monoisotopic (exact) mass is 183 g/mol. The molecule has 3 N–H and O–H groups in total. The van der Waals surface area contributed by atoms with E-state index in [-0.39, 0.29) is 5.41 Å². The lowest BCUT2D eigenvalue weighted by Crippen LogP contribution is -2.65. The summed E-state index contributed by atoms with van der Waals surface area (Å²) in [4.78, 5) is 0. The Balaban J connectivity index is 2.08. The van der Waals surface area contributed by atoms with Crippen LogP contribution in [-0.2, 0) is 0 Å². The first-order chi connectivity index (χ1) is 5.93. The van der Waals surface area contributed by atoms with Crippen LogP contribution in [0.5, 0.6) is 0 Å². The number of hydrogen-bond donors (Lipinski definition) is 2. The summed E-state index contributed by atoms with van der Waals surface area (Å²) in [6.07, 6.45) is 5.40. The van der Waals surface area contributed by atoms with E-state index < -0.39 is 5.60 Å². The quantitative estimate of drug-likeness (QED) is 0.684. The van der Waals surface area contributed by atoms with Crippen molar-refractivity contribution in [2.45, 2.75) is 51.6 Å². The van der Waals surface area contributed by atoms with Crippen molar-refractivity contribution in [2.75, 3.05) is 6.54 Å². The van der Waals surface area contributed by atoms with Crippen LogP contribution < -0.4 is 5.73 Å². The third kappa shape index (κ3) is 1.15. The lowest BCUT2D eigenvalue weighted by Gasteiger charge is -2.63. The van der Waals surface area contributed by atoms with Gasteiger partial charge in [0, 0.05) is 12.0 Å². The first-order valence-electron chi connectivity index (χ1n) is 5.36. The van der Waals surface area contributed by atoms with Crippen molar-refractivity contribution in [2.24, 2.45) is 16.6 Å². The number of rotatable bonds is 2. The van der Waals surface area contributed by atoms with Crippen LogP contribution in [0, 0.1) is 10.8 Å². The second-order valence-corrected chi connectivity index (χ2v) is 5.89. The minimum absolute atomic E-state index is 0.0858. The SMILES string of the molecule is CC1(C)CC(O)(C2(CN)CCC2)C1. The summed E-state index contributed by atoms with van der Waals surface area (Å²) in [6.45, 7) is 5.12. The molecule has 0 aromatic heterocycles. The van der Waals surface area contributed by atoms with E-state index in [1.807, 2.05) is 0 Å². The van der Waals surface area contributed by atoms with E-state index in [1.165, 1.54) is 6.42 Å². The highest BCUT2D eigenvalue weighted by molar-refractivity contribution is 5.13. The highest BCUT2D eigenvalue weighted by Crippen LogP contribution is 2.62. The van der Waals surface area contributed by atoms with Crippen molar-refractivity contribution in [3.8, 4) is 0 Å². The maximum atomic E-state index is 10.4. The van der Waals surface area contributed by atoms with Crippen molar-refractivity contribution < 1.29 is 5.11 Å². The third-order valence-corrected chi connectivity index (χ3v) is 4.23. The summed E-state index contributed by atoms with van der Waals surface area (Å²) in [7, 11) is 0. The van der Waals surface area contributed by atoms with E-state index in [4.69, 9.17) is 5.73 Å². The maximum Gasteiger partial charge on any atom is 0.0726 e. The standard InChI is InChI=1S/C11H21NO/c1-9(2)6-11(13,7-9)10(8-12)4-3-5-10/h13H,3-8,12H2,1-2H3. The summed E-state index contributed by atoms with van der Waals surface area (Å²) in [6, 6.07) is 0. The van der Waals surface area contributed by atoms with Crippen molar-refractivity contribution in [3.63, 3.8) is 0 Å². The fraction of sp³-hybridized carbons (Fsp3) is 1.00. The molecule has 2 rings (SSSR count). The Bertz CT molecular complexity index is 205. The number of nitrogens with two attached hydrogens (primary N) is 1. The maximum absolute atomic E-state index is 10.4. The van der Waals surface area contributed by atoms with Gasteiger partial charge in [-0.15, -0.1) is 0 Å². The second kappa shape index (κ2) is 2.48. The van der Waals surface area contributed by atoms with Gasteiger partial charge >= 0.3 is 0 Å². The molecule has 76 valence electrons. The molecule has 0 unspecified atom stereocenters. The fourth-order valence-corrected chi connectivity index (χ4v) is 3.37. The van der Waals surface area contributed by atoms with E-state index in [0.717, 1.165) is 25.7 Å². The minimum Gasteiger partial charge on any atom is -0.389 e. The molecule has 0 radical (unpaired) electrons. The summed E-state index contributed by atoms with van der Waals surface area (Å²) in [5, 5.41) is 10.4. The molecule has 0 spiro atoms. The Hall–Kier alpha value is -0.0800. The van der Waals surface area contributed by atoms with Gasteiger partial charge in [0.15, 0.2) is 0 Å². The molecule has 0 saturated heterocycles. The van der Waals surface area contributed by atoms with Gasteiger partial charge in [-0.25, -0.2) is 0 Å². The Kier molecular flexibility index (Phi) is 1.81. The second-order valence-electron chi connectivity index (χ2n) is 5.89. The molecule has 0 aromatic rings. The number of hydrogen-bond acceptors (Lipinski definition) is 2. The van der Waals surface area contributed by atoms with Gasteiger partial charge in [0.1, 0.15) is 0 Å². The molecule has 0 bridgehead atoms. The smallest absolute Gasteiger partial charge is 0.0726 e. The van der Waals surface area contributed by atoms with Crippen LogP contribution in [-0.4, -0.2) is 17.3 Å². The van der Waals surface area contributed by atoms with Crippen LogP contribution in [0.15, 0.2) is 0 Å². The Morgan fingerprint density at radius 1 is 1.23 bits per heavy atom. The highest BCUT2D eigenvalue weighted by Gasteiger charge is 2.61. The first kappa shape index (κ1) is 9.47. The van der Waals surface area contributed by atoms with Gasteiger partial charge in [0.25, 0.3) is 0 Å². The molecule has 2 aliphatic rings.